The number of phenolic OH excluding ortho intramolecular Hbond substituents is 2. The molecule has 0 radical (unpaired) electrons. The standard InChI is InChI=1S/C24H34O6/c25-17-30-24(15-16-24)12-6-4-7-18-9-10-20(26)19(21(18)27)8-3-1-2-5-11-23(13-14-23)22(28)29/h9-10,17,26-27H,1-8,11-16H2,(H,28,29). The highest BCUT2D eigenvalue weighted by atomic mass is 16.5. The predicted octanol–water partition coefficient (Wildman–Crippen LogP) is 4.87. The van der Waals surface area contributed by atoms with Crippen LogP contribution in [0.15, 0.2) is 12.1 Å². The van der Waals surface area contributed by atoms with E-state index in [1.165, 1.54) is 0 Å². The number of carbonyl (C=O) groups is 2. The van der Waals surface area contributed by atoms with E-state index in [1.54, 1.807) is 12.1 Å². The lowest BCUT2D eigenvalue weighted by molar-refractivity contribution is -0.143. The van der Waals surface area contributed by atoms with Crippen LogP contribution in [0.3, 0.4) is 0 Å². The summed E-state index contributed by atoms with van der Waals surface area (Å²) in [5.41, 5.74) is 0.789. The van der Waals surface area contributed by atoms with Gasteiger partial charge in [0, 0.05) is 5.56 Å². The Kier molecular flexibility index (Phi) is 7.27. The quantitative estimate of drug-likeness (QED) is 0.277. The zero-order valence-electron chi connectivity index (χ0n) is 17.7. The maximum Gasteiger partial charge on any atom is 0.309 e. The van der Waals surface area contributed by atoms with E-state index < -0.39 is 11.4 Å². The highest BCUT2D eigenvalue weighted by molar-refractivity contribution is 5.77. The van der Waals surface area contributed by atoms with Gasteiger partial charge in [0.1, 0.15) is 17.1 Å². The molecule has 1 aromatic rings. The molecule has 0 unspecified atom stereocenters. The van der Waals surface area contributed by atoms with E-state index in [2.05, 4.69) is 0 Å². The normalized spacial score (nSPS) is 18.0. The van der Waals surface area contributed by atoms with Crippen molar-refractivity contribution in [3.8, 4) is 11.5 Å². The molecule has 3 N–H and O–H groups in total. The van der Waals surface area contributed by atoms with Gasteiger partial charge in [0.25, 0.3) is 6.47 Å². The molecule has 6 nitrogen and oxygen atoms in total. The zero-order chi connectivity index (χ0) is 21.6. The number of benzene rings is 1. The van der Waals surface area contributed by atoms with Crippen LogP contribution in [0.1, 0.15) is 88.2 Å². The van der Waals surface area contributed by atoms with Gasteiger partial charge in [0.15, 0.2) is 0 Å². The Bertz CT molecular complexity index is 748. The number of aliphatic carboxylic acids is 1. The van der Waals surface area contributed by atoms with Gasteiger partial charge in [0.2, 0.25) is 0 Å². The molecule has 2 saturated carbocycles. The molecule has 0 spiro atoms. The van der Waals surface area contributed by atoms with Crippen LogP contribution in [0.4, 0.5) is 0 Å². The van der Waals surface area contributed by atoms with Crippen molar-refractivity contribution >= 4 is 12.4 Å². The van der Waals surface area contributed by atoms with Gasteiger partial charge < -0.3 is 20.1 Å². The zero-order valence-corrected chi connectivity index (χ0v) is 17.7. The Morgan fingerprint density at radius 3 is 2.23 bits per heavy atom. The van der Waals surface area contributed by atoms with Crippen molar-refractivity contribution in [3.05, 3.63) is 23.3 Å². The number of carbonyl (C=O) groups excluding carboxylic acids is 1. The van der Waals surface area contributed by atoms with Gasteiger partial charge in [-0.25, -0.2) is 0 Å². The molecule has 6 heteroatoms. The molecule has 166 valence electrons. The summed E-state index contributed by atoms with van der Waals surface area (Å²) >= 11 is 0. The highest BCUT2D eigenvalue weighted by Crippen LogP contribution is 2.50. The molecule has 0 atom stereocenters. The van der Waals surface area contributed by atoms with Crippen molar-refractivity contribution < 1.29 is 29.6 Å². The average molecular weight is 419 g/mol. The van der Waals surface area contributed by atoms with Crippen LogP contribution in [-0.2, 0) is 27.2 Å². The molecule has 2 fully saturated rings. The van der Waals surface area contributed by atoms with Gasteiger partial charge in [-0.1, -0.05) is 25.3 Å². The molecule has 0 amide bonds. The summed E-state index contributed by atoms with van der Waals surface area (Å²) in [7, 11) is 0. The Hall–Kier alpha value is -2.24. The Balaban J connectivity index is 1.38. The summed E-state index contributed by atoms with van der Waals surface area (Å²) in [5, 5.41) is 30.0. The van der Waals surface area contributed by atoms with Crippen LogP contribution < -0.4 is 0 Å². The Morgan fingerprint density at radius 1 is 0.933 bits per heavy atom. The first-order valence-electron chi connectivity index (χ1n) is 11.3. The summed E-state index contributed by atoms with van der Waals surface area (Å²) in [6.45, 7) is 0.543. The fourth-order valence-electron chi connectivity index (χ4n) is 4.39. The van der Waals surface area contributed by atoms with E-state index in [0.29, 0.717) is 18.5 Å². The molecular weight excluding hydrogens is 384 g/mol. The minimum atomic E-state index is -0.655. The molecule has 2 aliphatic rings. The Labute approximate surface area is 178 Å². The number of aryl methyl sites for hydroxylation is 1. The van der Waals surface area contributed by atoms with Gasteiger partial charge in [-0.3, -0.25) is 9.59 Å². The molecule has 0 aliphatic heterocycles. The maximum absolute atomic E-state index is 11.2. The van der Waals surface area contributed by atoms with Crippen molar-refractivity contribution in [1.29, 1.82) is 0 Å². The molecule has 3 rings (SSSR count). The van der Waals surface area contributed by atoms with Crippen molar-refractivity contribution in [2.75, 3.05) is 0 Å². The van der Waals surface area contributed by atoms with Crippen LogP contribution >= 0.6 is 0 Å². The average Bonchev–Trinajstić information content (AvgIpc) is 3.63. The second-order valence-electron chi connectivity index (χ2n) is 9.17. The number of hydrogen-bond donors (Lipinski definition) is 3. The number of carboxylic acids is 1. The smallest absolute Gasteiger partial charge is 0.309 e. The third-order valence-electron chi connectivity index (χ3n) is 6.92. The number of unbranched alkanes of at least 4 members (excludes halogenated alkanes) is 4. The maximum atomic E-state index is 11.2. The van der Waals surface area contributed by atoms with Crippen LogP contribution in [0.25, 0.3) is 0 Å². The number of aromatic hydroxyl groups is 2. The summed E-state index contributed by atoms with van der Waals surface area (Å²) in [4.78, 5) is 21.7. The lowest BCUT2D eigenvalue weighted by Crippen LogP contribution is -2.14. The number of rotatable bonds is 15. The Morgan fingerprint density at radius 2 is 1.60 bits per heavy atom. The lowest BCUT2D eigenvalue weighted by Gasteiger charge is -2.14. The molecule has 0 heterocycles. The number of ether oxygens (including phenoxy) is 1. The minimum Gasteiger partial charge on any atom is -0.508 e. The monoisotopic (exact) mass is 418 g/mol. The molecule has 30 heavy (non-hydrogen) atoms. The first kappa shape index (κ1) is 22.4. The van der Waals surface area contributed by atoms with E-state index in [-0.39, 0.29) is 17.1 Å². The first-order chi connectivity index (χ1) is 14.4. The predicted molar refractivity (Wildman–Crippen MR) is 113 cm³/mol. The van der Waals surface area contributed by atoms with E-state index in [1.807, 2.05) is 0 Å². The molecule has 0 aromatic heterocycles. The molecule has 2 aliphatic carbocycles. The van der Waals surface area contributed by atoms with Crippen LogP contribution in [0, 0.1) is 5.41 Å². The third kappa shape index (κ3) is 5.67. The third-order valence-corrected chi connectivity index (χ3v) is 6.92. The van der Waals surface area contributed by atoms with Crippen molar-refractivity contribution in [2.24, 2.45) is 5.41 Å². The molecular formula is C24H34O6. The summed E-state index contributed by atoms with van der Waals surface area (Å²) in [6, 6.07) is 3.44. The largest absolute Gasteiger partial charge is 0.508 e. The van der Waals surface area contributed by atoms with Gasteiger partial charge in [-0.05, 0) is 82.3 Å². The van der Waals surface area contributed by atoms with Crippen LogP contribution in [0.2, 0.25) is 0 Å². The van der Waals surface area contributed by atoms with Crippen molar-refractivity contribution in [3.63, 3.8) is 0 Å². The second-order valence-corrected chi connectivity index (χ2v) is 9.17. The molecule has 1 aromatic carbocycles. The van der Waals surface area contributed by atoms with Gasteiger partial charge in [-0.2, -0.15) is 0 Å². The van der Waals surface area contributed by atoms with Crippen molar-refractivity contribution in [2.45, 2.75) is 95.5 Å². The fourth-order valence-corrected chi connectivity index (χ4v) is 4.39. The highest BCUT2D eigenvalue weighted by Gasteiger charge is 2.49. The fraction of sp³-hybridized carbons (Fsp3) is 0.667. The summed E-state index contributed by atoms with van der Waals surface area (Å²) in [5.74, 6) is -0.323. The van der Waals surface area contributed by atoms with E-state index in [9.17, 15) is 24.9 Å². The van der Waals surface area contributed by atoms with Gasteiger partial charge >= 0.3 is 5.97 Å². The number of phenols is 2. The lowest BCUT2D eigenvalue weighted by atomic mass is 9.96. The van der Waals surface area contributed by atoms with Gasteiger partial charge in [0.05, 0.1) is 5.41 Å². The van der Waals surface area contributed by atoms with E-state index >= 15 is 0 Å². The SMILES string of the molecule is O=COC1(CCCCc2ccc(O)c(CCCCCCC3(C(=O)O)CC3)c2O)CC1. The summed E-state index contributed by atoms with van der Waals surface area (Å²) in [6.07, 6.45) is 12.0. The van der Waals surface area contributed by atoms with Crippen LogP contribution in [-0.4, -0.2) is 33.4 Å². The molecule has 0 bridgehead atoms. The van der Waals surface area contributed by atoms with Crippen LogP contribution in [0.5, 0.6) is 11.5 Å². The second kappa shape index (κ2) is 9.71. The summed E-state index contributed by atoms with van der Waals surface area (Å²) < 4.78 is 5.17. The minimum absolute atomic E-state index is 0.135. The number of carboxylic acid groups (broad SMARTS) is 1. The molecule has 0 saturated heterocycles. The van der Waals surface area contributed by atoms with Gasteiger partial charge in [-0.15, -0.1) is 0 Å². The van der Waals surface area contributed by atoms with E-state index in [4.69, 9.17) is 4.74 Å². The topological polar surface area (TPSA) is 104 Å². The number of hydrogen-bond acceptors (Lipinski definition) is 5. The van der Waals surface area contributed by atoms with Crippen molar-refractivity contribution in [1.82, 2.24) is 0 Å². The first-order valence-corrected chi connectivity index (χ1v) is 11.3. The van der Waals surface area contributed by atoms with E-state index in [0.717, 1.165) is 89.0 Å².